The Balaban J connectivity index is 2.55. The number of benzene rings is 1. The standard InChI is InChI=1S/C11H14Cl2N2O/c1-7(2)15-11(16)14-6-8-4-3-5-9(12)10(8)13/h3-5,7H,6H2,1-2H3,(H2,14,15,16). The molecule has 1 aromatic rings. The second kappa shape index (κ2) is 5.97. The minimum Gasteiger partial charge on any atom is -0.336 e. The number of halogens is 2. The minimum atomic E-state index is -0.217. The molecule has 0 atom stereocenters. The fourth-order valence-corrected chi connectivity index (χ4v) is 1.56. The van der Waals surface area contributed by atoms with Crippen LogP contribution in [0.2, 0.25) is 10.0 Å². The second-order valence-corrected chi connectivity index (χ2v) is 4.48. The van der Waals surface area contributed by atoms with Gasteiger partial charge in [0.05, 0.1) is 10.0 Å². The maximum absolute atomic E-state index is 11.3. The normalized spacial score (nSPS) is 10.3. The lowest BCUT2D eigenvalue weighted by Gasteiger charge is -2.11. The molecular formula is C11H14Cl2N2O. The van der Waals surface area contributed by atoms with Crippen molar-refractivity contribution in [2.75, 3.05) is 0 Å². The third-order valence-electron chi connectivity index (χ3n) is 1.89. The van der Waals surface area contributed by atoms with E-state index >= 15 is 0 Å². The molecule has 0 aliphatic rings. The molecule has 0 spiro atoms. The maximum atomic E-state index is 11.3. The van der Waals surface area contributed by atoms with Crippen molar-refractivity contribution in [3.63, 3.8) is 0 Å². The molecule has 2 N–H and O–H groups in total. The van der Waals surface area contributed by atoms with Crippen LogP contribution < -0.4 is 10.6 Å². The van der Waals surface area contributed by atoms with E-state index in [1.54, 1.807) is 12.1 Å². The van der Waals surface area contributed by atoms with Crippen molar-refractivity contribution in [1.82, 2.24) is 10.6 Å². The van der Waals surface area contributed by atoms with Crippen LogP contribution in [-0.2, 0) is 6.54 Å². The van der Waals surface area contributed by atoms with Gasteiger partial charge in [0.1, 0.15) is 0 Å². The largest absolute Gasteiger partial charge is 0.336 e. The summed E-state index contributed by atoms with van der Waals surface area (Å²) in [4.78, 5) is 11.3. The van der Waals surface area contributed by atoms with Gasteiger partial charge >= 0.3 is 6.03 Å². The summed E-state index contributed by atoms with van der Waals surface area (Å²) in [5.41, 5.74) is 0.799. The molecule has 1 rings (SSSR count). The molecule has 0 unspecified atom stereocenters. The molecule has 0 radical (unpaired) electrons. The van der Waals surface area contributed by atoms with Gasteiger partial charge in [-0.15, -0.1) is 0 Å². The number of amides is 2. The number of nitrogens with one attached hydrogen (secondary N) is 2. The number of urea groups is 1. The smallest absolute Gasteiger partial charge is 0.315 e. The van der Waals surface area contributed by atoms with Crippen molar-refractivity contribution in [2.45, 2.75) is 26.4 Å². The van der Waals surface area contributed by atoms with Gasteiger partial charge in [-0.2, -0.15) is 0 Å². The van der Waals surface area contributed by atoms with E-state index in [2.05, 4.69) is 10.6 Å². The zero-order chi connectivity index (χ0) is 12.1. The highest BCUT2D eigenvalue weighted by Crippen LogP contribution is 2.25. The van der Waals surface area contributed by atoms with Crippen LogP contribution in [0.5, 0.6) is 0 Å². The van der Waals surface area contributed by atoms with Crippen molar-refractivity contribution < 1.29 is 4.79 Å². The lowest BCUT2D eigenvalue weighted by Crippen LogP contribution is -2.39. The second-order valence-electron chi connectivity index (χ2n) is 3.69. The van der Waals surface area contributed by atoms with Crippen LogP contribution in [0.1, 0.15) is 19.4 Å². The molecule has 0 aliphatic carbocycles. The first kappa shape index (κ1) is 13.1. The van der Waals surface area contributed by atoms with E-state index < -0.39 is 0 Å². The fraction of sp³-hybridized carbons (Fsp3) is 0.364. The molecular weight excluding hydrogens is 247 g/mol. The van der Waals surface area contributed by atoms with E-state index in [0.29, 0.717) is 16.6 Å². The summed E-state index contributed by atoms with van der Waals surface area (Å²) in [5, 5.41) is 6.40. The zero-order valence-electron chi connectivity index (χ0n) is 9.18. The zero-order valence-corrected chi connectivity index (χ0v) is 10.7. The van der Waals surface area contributed by atoms with E-state index in [-0.39, 0.29) is 12.1 Å². The Morgan fingerprint density at radius 2 is 2.06 bits per heavy atom. The van der Waals surface area contributed by atoms with Crippen LogP contribution in [-0.4, -0.2) is 12.1 Å². The molecule has 88 valence electrons. The van der Waals surface area contributed by atoms with E-state index in [0.717, 1.165) is 5.56 Å². The number of carbonyl (C=O) groups excluding carboxylic acids is 1. The highest BCUT2D eigenvalue weighted by Gasteiger charge is 2.06. The van der Waals surface area contributed by atoms with Crippen LogP contribution in [0.15, 0.2) is 18.2 Å². The molecule has 0 saturated heterocycles. The first-order valence-electron chi connectivity index (χ1n) is 4.98. The van der Waals surface area contributed by atoms with Crippen LogP contribution >= 0.6 is 23.2 Å². The Hall–Kier alpha value is -0.930. The average Bonchev–Trinajstić information content (AvgIpc) is 2.19. The first-order valence-corrected chi connectivity index (χ1v) is 5.73. The van der Waals surface area contributed by atoms with Gasteiger partial charge in [-0.3, -0.25) is 0 Å². The van der Waals surface area contributed by atoms with Crippen molar-refractivity contribution in [1.29, 1.82) is 0 Å². The van der Waals surface area contributed by atoms with Crippen LogP contribution in [0.3, 0.4) is 0 Å². The topological polar surface area (TPSA) is 41.1 Å². The molecule has 0 bridgehead atoms. The lowest BCUT2D eigenvalue weighted by molar-refractivity contribution is 0.238. The molecule has 5 heteroatoms. The average molecular weight is 261 g/mol. The number of hydrogen-bond donors (Lipinski definition) is 2. The third-order valence-corrected chi connectivity index (χ3v) is 2.75. The van der Waals surface area contributed by atoms with Crippen LogP contribution in [0.25, 0.3) is 0 Å². The third kappa shape index (κ3) is 3.91. The summed E-state index contributed by atoms with van der Waals surface area (Å²) in [6, 6.07) is 5.22. The van der Waals surface area contributed by atoms with Crippen molar-refractivity contribution in [3.8, 4) is 0 Å². The molecule has 2 amide bonds. The summed E-state index contributed by atoms with van der Waals surface area (Å²) in [7, 11) is 0. The summed E-state index contributed by atoms with van der Waals surface area (Å²) in [6.45, 7) is 4.15. The monoisotopic (exact) mass is 260 g/mol. The SMILES string of the molecule is CC(C)NC(=O)NCc1cccc(Cl)c1Cl. The minimum absolute atomic E-state index is 0.106. The van der Waals surface area contributed by atoms with Gasteiger partial charge < -0.3 is 10.6 Å². The molecule has 0 fully saturated rings. The lowest BCUT2D eigenvalue weighted by atomic mass is 10.2. The van der Waals surface area contributed by atoms with Gasteiger partial charge in [0.25, 0.3) is 0 Å². The summed E-state index contributed by atoms with van der Waals surface area (Å²) >= 11 is 11.8. The van der Waals surface area contributed by atoms with Gasteiger partial charge in [-0.25, -0.2) is 4.79 Å². The molecule has 3 nitrogen and oxygen atoms in total. The Kier molecular flexibility index (Phi) is 4.90. The summed E-state index contributed by atoms with van der Waals surface area (Å²) < 4.78 is 0. The molecule has 0 aromatic heterocycles. The molecule has 0 saturated carbocycles. The molecule has 16 heavy (non-hydrogen) atoms. The Bertz CT molecular complexity index is 380. The van der Waals surface area contributed by atoms with Crippen molar-refractivity contribution >= 4 is 29.2 Å². The number of hydrogen-bond acceptors (Lipinski definition) is 1. The Morgan fingerprint density at radius 1 is 1.38 bits per heavy atom. The molecule has 0 aliphatic heterocycles. The summed E-state index contributed by atoms with van der Waals surface area (Å²) in [6.07, 6.45) is 0. The molecule has 1 aromatic carbocycles. The van der Waals surface area contributed by atoms with Crippen LogP contribution in [0.4, 0.5) is 4.79 Å². The van der Waals surface area contributed by atoms with Gasteiger partial charge in [0.2, 0.25) is 0 Å². The van der Waals surface area contributed by atoms with Gasteiger partial charge in [-0.05, 0) is 25.5 Å². The van der Waals surface area contributed by atoms with Gasteiger partial charge in [0, 0.05) is 12.6 Å². The van der Waals surface area contributed by atoms with E-state index in [1.165, 1.54) is 0 Å². The number of carbonyl (C=O) groups is 1. The van der Waals surface area contributed by atoms with Crippen molar-refractivity contribution in [3.05, 3.63) is 33.8 Å². The van der Waals surface area contributed by atoms with Crippen LogP contribution in [0, 0.1) is 0 Å². The van der Waals surface area contributed by atoms with Gasteiger partial charge in [-0.1, -0.05) is 35.3 Å². The quantitative estimate of drug-likeness (QED) is 0.861. The summed E-state index contributed by atoms with van der Waals surface area (Å²) in [5.74, 6) is 0. The predicted molar refractivity (Wildman–Crippen MR) is 67.0 cm³/mol. The van der Waals surface area contributed by atoms with E-state index in [4.69, 9.17) is 23.2 Å². The van der Waals surface area contributed by atoms with E-state index in [9.17, 15) is 4.79 Å². The highest BCUT2D eigenvalue weighted by atomic mass is 35.5. The van der Waals surface area contributed by atoms with Gasteiger partial charge in [0.15, 0.2) is 0 Å². The first-order chi connectivity index (χ1) is 7.50. The fourth-order valence-electron chi connectivity index (χ4n) is 1.17. The predicted octanol–water partition coefficient (Wildman–Crippen LogP) is 3.20. The maximum Gasteiger partial charge on any atom is 0.315 e. The Morgan fingerprint density at radius 3 is 2.69 bits per heavy atom. The number of rotatable bonds is 3. The molecule has 0 heterocycles. The van der Waals surface area contributed by atoms with E-state index in [1.807, 2.05) is 19.9 Å². The Labute approximate surface area is 105 Å². The van der Waals surface area contributed by atoms with Crippen molar-refractivity contribution in [2.24, 2.45) is 0 Å². The highest BCUT2D eigenvalue weighted by molar-refractivity contribution is 6.42.